The number of carbonyl (C=O) groups excluding carboxylic acids is 1. The predicted octanol–water partition coefficient (Wildman–Crippen LogP) is 2.25. The van der Waals surface area contributed by atoms with E-state index in [1.807, 2.05) is 0 Å². The van der Waals surface area contributed by atoms with Gasteiger partial charge in [0.15, 0.2) is 5.78 Å². The Morgan fingerprint density at radius 3 is 2.56 bits per heavy atom. The van der Waals surface area contributed by atoms with Crippen molar-refractivity contribution < 1.29 is 9.53 Å². The summed E-state index contributed by atoms with van der Waals surface area (Å²) in [6.45, 7) is 0. The zero-order valence-corrected chi connectivity index (χ0v) is 9.48. The smallest absolute Gasteiger partial charge is 0.233 e. The van der Waals surface area contributed by atoms with E-state index in [9.17, 15) is 4.79 Å². The van der Waals surface area contributed by atoms with Crippen LogP contribution in [0.5, 0.6) is 5.88 Å². The van der Waals surface area contributed by atoms with Gasteiger partial charge in [0, 0.05) is 12.0 Å². The number of ketones is 1. The molecule has 0 atom stereocenters. The Bertz CT molecular complexity index is 356. The molecular formula is C12H16N2O2. The third-order valence-corrected chi connectivity index (χ3v) is 3.08. The number of hydrogen-bond acceptors (Lipinski definition) is 4. The van der Waals surface area contributed by atoms with Gasteiger partial charge < -0.3 is 4.74 Å². The Hall–Kier alpha value is -1.45. The van der Waals surface area contributed by atoms with Crippen molar-refractivity contribution in [3.63, 3.8) is 0 Å². The van der Waals surface area contributed by atoms with Gasteiger partial charge >= 0.3 is 0 Å². The normalized spacial score (nSPS) is 17.1. The fourth-order valence-electron chi connectivity index (χ4n) is 2.13. The summed E-state index contributed by atoms with van der Waals surface area (Å²) < 4.78 is 4.91. The van der Waals surface area contributed by atoms with E-state index in [0.29, 0.717) is 11.6 Å². The summed E-state index contributed by atoms with van der Waals surface area (Å²) >= 11 is 0. The summed E-state index contributed by atoms with van der Waals surface area (Å²) in [5.41, 5.74) is 0.465. The Morgan fingerprint density at radius 1 is 1.25 bits per heavy atom. The standard InChI is InChI=1S/C12H16N2O2/c1-16-11-8-7-10(13-14-11)12(15)9-5-3-2-4-6-9/h7-9H,2-6H2,1H3. The van der Waals surface area contributed by atoms with Crippen LogP contribution in [0.4, 0.5) is 0 Å². The zero-order chi connectivity index (χ0) is 11.4. The molecule has 86 valence electrons. The number of nitrogens with zero attached hydrogens (tertiary/aromatic N) is 2. The van der Waals surface area contributed by atoms with Gasteiger partial charge in [0.05, 0.1) is 7.11 Å². The fourth-order valence-corrected chi connectivity index (χ4v) is 2.13. The monoisotopic (exact) mass is 220 g/mol. The van der Waals surface area contributed by atoms with Crippen LogP contribution >= 0.6 is 0 Å². The highest BCUT2D eigenvalue weighted by atomic mass is 16.5. The molecule has 4 heteroatoms. The van der Waals surface area contributed by atoms with Gasteiger partial charge in [-0.1, -0.05) is 19.3 Å². The topological polar surface area (TPSA) is 52.1 Å². The number of carbonyl (C=O) groups is 1. The number of hydrogen-bond donors (Lipinski definition) is 0. The van der Waals surface area contributed by atoms with Crippen LogP contribution in [0.25, 0.3) is 0 Å². The Balaban J connectivity index is 2.07. The molecule has 0 saturated heterocycles. The molecule has 0 radical (unpaired) electrons. The van der Waals surface area contributed by atoms with Gasteiger partial charge in [-0.15, -0.1) is 10.2 Å². The molecule has 1 aromatic rings. The van der Waals surface area contributed by atoms with Crippen LogP contribution in [0.3, 0.4) is 0 Å². The van der Waals surface area contributed by atoms with Crippen molar-refractivity contribution in [3.05, 3.63) is 17.8 Å². The van der Waals surface area contributed by atoms with Crippen molar-refractivity contribution in [2.24, 2.45) is 5.92 Å². The molecule has 0 aliphatic heterocycles. The van der Waals surface area contributed by atoms with Gasteiger partial charge in [-0.2, -0.15) is 0 Å². The predicted molar refractivity (Wildman–Crippen MR) is 59.5 cm³/mol. The molecule has 0 amide bonds. The van der Waals surface area contributed by atoms with E-state index in [2.05, 4.69) is 10.2 Å². The first-order chi connectivity index (χ1) is 7.81. The van der Waals surface area contributed by atoms with Gasteiger partial charge in [-0.05, 0) is 18.9 Å². The Labute approximate surface area is 95.0 Å². The molecule has 1 aromatic heterocycles. The molecule has 1 saturated carbocycles. The molecule has 0 aromatic carbocycles. The molecule has 4 nitrogen and oxygen atoms in total. The summed E-state index contributed by atoms with van der Waals surface area (Å²) in [6.07, 6.45) is 5.54. The summed E-state index contributed by atoms with van der Waals surface area (Å²) in [6, 6.07) is 3.38. The molecule has 2 rings (SSSR count). The van der Waals surface area contributed by atoms with Crippen molar-refractivity contribution in [2.45, 2.75) is 32.1 Å². The minimum atomic E-state index is 0.134. The van der Waals surface area contributed by atoms with E-state index in [0.717, 1.165) is 25.7 Å². The molecule has 1 fully saturated rings. The molecule has 16 heavy (non-hydrogen) atoms. The lowest BCUT2D eigenvalue weighted by Crippen LogP contribution is -2.19. The Morgan fingerprint density at radius 2 is 2.00 bits per heavy atom. The summed E-state index contributed by atoms with van der Waals surface area (Å²) in [7, 11) is 1.53. The number of rotatable bonds is 3. The maximum atomic E-state index is 12.1. The minimum absolute atomic E-state index is 0.134. The van der Waals surface area contributed by atoms with E-state index in [4.69, 9.17) is 4.74 Å². The van der Waals surface area contributed by atoms with E-state index >= 15 is 0 Å². The lowest BCUT2D eigenvalue weighted by molar-refractivity contribution is 0.0883. The third kappa shape index (κ3) is 2.38. The summed E-state index contributed by atoms with van der Waals surface area (Å²) in [5.74, 6) is 0.728. The lowest BCUT2D eigenvalue weighted by Gasteiger charge is -2.19. The first-order valence-corrected chi connectivity index (χ1v) is 5.73. The van der Waals surface area contributed by atoms with Crippen LogP contribution in [-0.2, 0) is 0 Å². The average molecular weight is 220 g/mol. The van der Waals surface area contributed by atoms with E-state index in [1.165, 1.54) is 13.5 Å². The molecule has 1 aliphatic rings. The second kappa shape index (κ2) is 5.05. The van der Waals surface area contributed by atoms with Crippen LogP contribution in [0.1, 0.15) is 42.6 Å². The van der Waals surface area contributed by atoms with Crippen LogP contribution in [-0.4, -0.2) is 23.1 Å². The lowest BCUT2D eigenvalue weighted by atomic mass is 9.85. The first kappa shape index (κ1) is 11.0. The van der Waals surface area contributed by atoms with Crippen molar-refractivity contribution in [3.8, 4) is 5.88 Å². The summed E-state index contributed by atoms with van der Waals surface area (Å²) in [5, 5.41) is 7.72. The molecular weight excluding hydrogens is 204 g/mol. The van der Waals surface area contributed by atoms with Crippen molar-refractivity contribution in [1.29, 1.82) is 0 Å². The highest BCUT2D eigenvalue weighted by molar-refractivity contribution is 5.95. The molecule has 1 aliphatic carbocycles. The second-order valence-electron chi connectivity index (χ2n) is 4.16. The maximum Gasteiger partial charge on any atom is 0.233 e. The molecule has 0 spiro atoms. The zero-order valence-electron chi connectivity index (χ0n) is 9.48. The van der Waals surface area contributed by atoms with Crippen molar-refractivity contribution >= 4 is 5.78 Å². The van der Waals surface area contributed by atoms with Gasteiger partial charge in [0.2, 0.25) is 5.88 Å². The van der Waals surface area contributed by atoms with Gasteiger partial charge in [0.25, 0.3) is 0 Å². The average Bonchev–Trinajstić information content (AvgIpc) is 2.39. The second-order valence-corrected chi connectivity index (χ2v) is 4.16. The third-order valence-electron chi connectivity index (χ3n) is 3.08. The van der Waals surface area contributed by atoms with Crippen molar-refractivity contribution in [2.75, 3.05) is 7.11 Å². The van der Waals surface area contributed by atoms with Gasteiger partial charge in [-0.3, -0.25) is 4.79 Å². The number of Topliss-reactive ketones (excluding diaryl/α,β-unsaturated/α-hetero) is 1. The van der Waals surface area contributed by atoms with Crippen LogP contribution in [0, 0.1) is 5.92 Å². The number of methoxy groups -OCH3 is 1. The van der Waals surface area contributed by atoms with Crippen LogP contribution < -0.4 is 4.74 Å². The molecule has 0 N–H and O–H groups in total. The van der Waals surface area contributed by atoms with E-state index in [1.54, 1.807) is 12.1 Å². The van der Waals surface area contributed by atoms with Crippen LogP contribution in [0.15, 0.2) is 12.1 Å². The largest absolute Gasteiger partial charge is 0.480 e. The highest BCUT2D eigenvalue weighted by Crippen LogP contribution is 2.26. The molecule has 1 heterocycles. The van der Waals surface area contributed by atoms with E-state index in [-0.39, 0.29) is 11.7 Å². The van der Waals surface area contributed by atoms with Gasteiger partial charge in [-0.25, -0.2) is 0 Å². The first-order valence-electron chi connectivity index (χ1n) is 5.73. The van der Waals surface area contributed by atoms with E-state index < -0.39 is 0 Å². The highest BCUT2D eigenvalue weighted by Gasteiger charge is 2.23. The number of ether oxygens (including phenoxy) is 1. The SMILES string of the molecule is COc1ccc(C(=O)C2CCCCC2)nn1. The molecule has 0 unspecified atom stereocenters. The fraction of sp³-hybridized carbons (Fsp3) is 0.583. The quantitative estimate of drug-likeness (QED) is 0.733. The minimum Gasteiger partial charge on any atom is -0.480 e. The van der Waals surface area contributed by atoms with Gasteiger partial charge in [0.1, 0.15) is 5.69 Å². The summed E-state index contributed by atoms with van der Waals surface area (Å²) in [4.78, 5) is 12.1. The molecule has 0 bridgehead atoms. The maximum absolute atomic E-state index is 12.1. The van der Waals surface area contributed by atoms with Crippen LogP contribution in [0.2, 0.25) is 0 Å². The van der Waals surface area contributed by atoms with Crippen molar-refractivity contribution in [1.82, 2.24) is 10.2 Å². The Kier molecular flexibility index (Phi) is 3.49. The number of aromatic nitrogens is 2.